The SMILES string of the molecule is COCCOCCOCCOCCOCCOCCOCCOCCOCCOCC(=O)NCCCC[C@H](NC(=O)CCCN1C(=O)C=CC1=O)C(=O)NCCCC(=O)NCC(=O)Nc1ccc(COCC(=O)O)cc1. The second-order valence-corrected chi connectivity index (χ2v) is 16.5. The standard InChI is InChI=1S/C50H80N6O20/c1-66-18-19-67-20-21-68-22-23-69-24-25-70-26-27-71-28-29-72-30-31-73-32-33-74-34-35-75-38-46(60)51-15-3-2-6-42(55-44(58)8-5-17-56-47(61)13-14-48(56)62)50(65)52-16-4-7-43(57)53-36-45(59)54-41-11-9-40(10-12-41)37-76-39-49(63)64/h9-14,42H,2-8,15-39H2,1H3,(H,51,60)(H,52,65)(H,53,57)(H,54,59)(H,55,58)(H,63,64)/t42-/m0/s1. The van der Waals surface area contributed by atoms with Crippen LogP contribution in [0.5, 0.6) is 0 Å². The highest BCUT2D eigenvalue weighted by Crippen LogP contribution is 2.11. The molecule has 1 atom stereocenters. The summed E-state index contributed by atoms with van der Waals surface area (Å²) in [5.74, 6) is -4.15. The Labute approximate surface area is 444 Å². The van der Waals surface area contributed by atoms with Crippen molar-refractivity contribution in [2.45, 2.75) is 57.6 Å². The largest absolute Gasteiger partial charge is 0.480 e. The van der Waals surface area contributed by atoms with E-state index in [0.29, 0.717) is 136 Å². The van der Waals surface area contributed by atoms with E-state index in [1.165, 1.54) is 0 Å². The van der Waals surface area contributed by atoms with Crippen LogP contribution >= 0.6 is 0 Å². The second-order valence-electron chi connectivity index (χ2n) is 16.5. The minimum atomic E-state index is -1.08. The van der Waals surface area contributed by atoms with Gasteiger partial charge in [0.2, 0.25) is 29.5 Å². The third kappa shape index (κ3) is 37.3. The molecule has 0 bridgehead atoms. The molecule has 1 aliphatic heterocycles. The molecule has 7 amide bonds. The number of amides is 7. The van der Waals surface area contributed by atoms with Crippen LogP contribution in [0.25, 0.3) is 0 Å². The highest BCUT2D eigenvalue weighted by atomic mass is 16.6. The minimum absolute atomic E-state index is 0.00212. The molecule has 1 aromatic rings. The Bertz CT molecular complexity index is 1810. The number of methoxy groups -OCH3 is 1. The van der Waals surface area contributed by atoms with E-state index in [1.807, 2.05) is 0 Å². The van der Waals surface area contributed by atoms with Gasteiger partial charge in [-0.3, -0.25) is 38.5 Å². The van der Waals surface area contributed by atoms with Gasteiger partial charge in [-0.25, -0.2) is 4.79 Å². The molecule has 0 fully saturated rings. The van der Waals surface area contributed by atoms with E-state index >= 15 is 0 Å². The van der Waals surface area contributed by atoms with Gasteiger partial charge in [0.25, 0.3) is 11.8 Å². The van der Waals surface area contributed by atoms with Crippen LogP contribution in [0.2, 0.25) is 0 Å². The van der Waals surface area contributed by atoms with E-state index in [0.717, 1.165) is 17.1 Å². The first-order valence-electron chi connectivity index (χ1n) is 25.5. The summed E-state index contributed by atoms with van der Waals surface area (Å²) in [4.78, 5) is 98.4. The van der Waals surface area contributed by atoms with Gasteiger partial charge in [0, 0.05) is 57.4 Å². The predicted molar refractivity (Wildman–Crippen MR) is 271 cm³/mol. The molecule has 2 rings (SSSR count). The van der Waals surface area contributed by atoms with E-state index < -0.39 is 54.1 Å². The van der Waals surface area contributed by atoms with Gasteiger partial charge in [-0.15, -0.1) is 0 Å². The number of carbonyl (C=O) groups is 8. The van der Waals surface area contributed by atoms with Gasteiger partial charge in [0.1, 0.15) is 19.3 Å². The Hall–Kier alpha value is -5.52. The van der Waals surface area contributed by atoms with Crippen LogP contribution in [0.4, 0.5) is 5.69 Å². The van der Waals surface area contributed by atoms with Gasteiger partial charge in [0.05, 0.1) is 132 Å². The number of carboxylic acid groups (broad SMARTS) is 1. The maximum Gasteiger partial charge on any atom is 0.329 e. The molecule has 0 spiro atoms. The molecule has 76 heavy (non-hydrogen) atoms. The summed E-state index contributed by atoms with van der Waals surface area (Å²) >= 11 is 0. The lowest BCUT2D eigenvalue weighted by molar-refractivity contribution is -0.142. The van der Waals surface area contributed by atoms with Gasteiger partial charge in [-0.2, -0.15) is 0 Å². The monoisotopic (exact) mass is 1080 g/mol. The number of aliphatic carboxylic acids is 1. The number of carboxylic acids is 1. The van der Waals surface area contributed by atoms with E-state index in [9.17, 15) is 38.4 Å². The quantitative estimate of drug-likeness (QED) is 0.0354. The van der Waals surface area contributed by atoms with Crippen LogP contribution in [0, 0.1) is 0 Å². The van der Waals surface area contributed by atoms with Gasteiger partial charge < -0.3 is 83.8 Å². The Morgan fingerprint density at radius 1 is 0.513 bits per heavy atom. The first-order chi connectivity index (χ1) is 37.0. The van der Waals surface area contributed by atoms with Crippen molar-refractivity contribution in [1.29, 1.82) is 0 Å². The maximum absolute atomic E-state index is 13.2. The second kappa shape index (κ2) is 45.7. The van der Waals surface area contributed by atoms with Crippen molar-refractivity contribution in [2.75, 3.05) is 171 Å². The van der Waals surface area contributed by atoms with Crippen molar-refractivity contribution >= 4 is 53.0 Å². The summed E-state index contributed by atoms with van der Waals surface area (Å²) in [6.45, 7) is 7.49. The summed E-state index contributed by atoms with van der Waals surface area (Å²) in [5.41, 5.74) is 1.18. The molecule has 0 saturated carbocycles. The van der Waals surface area contributed by atoms with Crippen LogP contribution in [0.3, 0.4) is 0 Å². The van der Waals surface area contributed by atoms with E-state index in [1.54, 1.807) is 31.4 Å². The summed E-state index contributed by atoms with van der Waals surface area (Å²) in [6.07, 6.45) is 3.87. The summed E-state index contributed by atoms with van der Waals surface area (Å²) in [6, 6.07) is 5.63. The molecule has 26 heteroatoms. The molecule has 1 heterocycles. The summed E-state index contributed by atoms with van der Waals surface area (Å²) in [5, 5.41) is 22.0. The first-order valence-corrected chi connectivity index (χ1v) is 25.5. The molecule has 0 radical (unpaired) electrons. The topological polar surface area (TPSA) is 322 Å². The zero-order valence-electron chi connectivity index (χ0n) is 43.8. The number of hydrogen-bond donors (Lipinski definition) is 6. The number of hydrogen-bond acceptors (Lipinski definition) is 19. The van der Waals surface area contributed by atoms with Crippen LogP contribution in [0.1, 0.15) is 50.5 Å². The normalized spacial score (nSPS) is 12.5. The molecular weight excluding hydrogens is 1000 g/mol. The molecule has 0 saturated heterocycles. The molecule has 0 aliphatic carbocycles. The van der Waals surface area contributed by atoms with E-state index in [4.69, 9.17) is 57.2 Å². The molecule has 0 aromatic heterocycles. The number of anilines is 1. The molecule has 26 nitrogen and oxygen atoms in total. The molecule has 430 valence electrons. The number of rotatable bonds is 51. The Morgan fingerprint density at radius 2 is 1.00 bits per heavy atom. The number of nitrogens with one attached hydrogen (secondary N) is 5. The number of nitrogens with zero attached hydrogens (tertiary/aromatic N) is 1. The number of ether oxygens (including phenoxy) is 11. The van der Waals surface area contributed by atoms with Crippen LogP contribution < -0.4 is 26.6 Å². The fraction of sp³-hybridized carbons (Fsp3) is 0.680. The molecular formula is C50H80N6O20. The number of imide groups is 1. The fourth-order valence-electron chi connectivity index (χ4n) is 6.40. The average Bonchev–Trinajstić information content (AvgIpc) is 3.72. The molecule has 1 aromatic carbocycles. The summed E-state index contributed by atoms with van der Waals surface area (Å²) < 4.78 is 58.9. The van der Waals surface area contributed by atoms with Crippen LogP contribution in [-0.4, -0.2) is 229 Å². The third-order valence-electron chi connectivity index (χ3n) is 10.3. The Morgan fingerprint density at radius 3 is 1.51 bits per heavy atom. The van der Waals surface area contributed by atoms with Crippen molar-refractivity contribution < 1.29 is 95.6 Å². The van der Waals surface area contributed by atoms with Gasteiger partial charge in [-0.1, -0.05) is 12.1 Å². The lowest BCUT2D eigenvalue weighted by atomic mass is 10.1. The zero-order chi connectivity index (χ0) is 55.1. The Balaban J connectivity index is 1.50. The fourth-order valence-corrected chi connectivity index (χ4v) is 6.40. The number of carbonyl (C=O) groups excluding carboxylic acids is 7. The summed E-state index contributed by atoms with van der Waals surface area (Å²) in [7, 11) is 1.63. The van der Waals surface area contributed by atoms with E-state index in [-0.39, 0.29) is 84.1 Å². The van der Waals surface area contributed by atoms with Crippen molar-refractivity contribution in [1.82, 2.24) is 26.2 Å². The van der Waals surface area contributed by atoms with E-state index in [2.05, 4.69) is 26.6 Å². The van der Waals surface area contributed by atoms with Gasteiger partial charge >= 0.3 is 5.97 Å². The van der Waals surface area contributed by atoms with Gasteiger partial charge in [0.15, 0.2) is 0 Å². The lowest BCUT2D eigenvalue weighted by Crippen LogP contribution is -2.47. The predicted octanol–water partition coefficient (Wildman–Crippen LogP) is -0.489. The average molecular weight is 1090 g/mol. The van der Waals surface area contributed by atoms with Crippen molar-refractivity contribution in [3.63, 3.8) is 0 Å². The minimum Gasteiger partial charge on any atom is -0.480 e. The van der Waals surface area contributed by atoms with Gasteiger partial charge in [-0.05, 0) is 49.8 Å². The molecule has 6 N–H and O–H groups in total. The molecule has 0 unspecified atom stereocenters. The highest BCUT2D eigenvalue weighted by molar-refractivity contribution is 6.12. The third-order valence-corrected chi connectivity index (χ3v) is 10.3. The zero-order valence-corrected chi connectivity index (χ0v) is 43.8. The number of unbranched alkanes of at least 4 members (excludes halogenated alkanes) is 1. The highest BCUT2D eigenvalue weighted by Gasteiger charge is 2.24. The Kier molecular flexibility index (Phi) is 40.0. The van der Waals surface area contributed by atoms with Crippen molar-refractivity contribution in [3.8, 4) is 0 Å². The lowest BCUT2D eigenvalue weighted by Gasteiger charge is -2.19. The van der Waals surface area contributed by atoms with Crippen molar-refractivity contribution in [2.24, 2.45) is 0 Å². The number of benzene rings is 1. The smallest absolute Gasteiger partial charge is 0.329 e. The maximum atomic E-state index is 13.2. The van der Waals surface area contributed by atoms with Crippen molar-refractivity contribution in [3.05, 3.63) is 42.0 Å². The van der Waals surface area contributed by atoms with Crippen LogP contribution in [-0.2, 0) is 97.1 Å². The van der Waals surface area contributed by atoms with Crippen LogP contribution in [0.15, 0.2) is 36.4 Å². The molecule has 1 aliphatic rings. The first kappa shape index (κ1) is 66.6.